The lowest BCUT2D eigenvalue weighted by molar-refractivity contribution is 0.308. The molecule has 2 aromatic rings. The van der Waals surface area contributed by atoms with Crippen molar-refractivity contribution >= 4 is 17.2 Å². The molecule has 0 aliphatic heterocycles. The second-order valence-electron chi connectivity index (χ2n) is 3.26. The number of nitrogens with two attached hydrogens (primary N) is 1. The second kappa shape index (κ2) is 4.31. The number of hydrogen-bond acceptors (Lipinski definition) is 4. The number of rotatable bonds is 3. The Kier molecular flexibility index (Phi) is 2.87. The van der Waals surface area contributed by atoms with Crippen LogP contribution in [0.1, 0.15) is 10.4 Å². The average Bonchev–Trinajstić information content (AvgIpc) is 2.63. The van der Waals surface area contributed by atoms with Crippen molar-refractivity contribution < 1.29 is 4.74 Å². The van der Waals surface area contributed by atoms with Crippen molar-refractivity contribution in [2.75, 3.05) is 5.73 Å². The zero-order valence-corrected chi connectivity index (χ0v) is 9.25. The molecule has 0 unspecified atom stereocenters. The molecular weight excluding hydrogens is 208 g/mol. The maximum Gasteiger partial charge on any atom is 0.126 e. The van der Waals surface area contributed by atoms with Gasteiger partial charge in [0.15, 0.2) is 0 Å². The van der Waals surface area contributed by atoms with Gasteiger partial charge in [0.1, 0.15) is 12.4 Å². The molecule has 0 fully saturated rings. The highest BCUT2D eigenvalue weighted by molar-refractivity contribution is 7.06. The number of anilines is 1. The minimum atomic E-state index is 0.487. The van der Waals surface area contributed by atoms with E-state index in [1.807, 2.05) is 31.2 Å². The summed E-state index contributed by atoms with van der Waals surface area (Å²) in [6, 6.07) is 7.92. The van der Waals surface area contributed by atoms with Crippen molar-refractivity contribution in [3.8, 4) is 5.75 Å². The van der Waals surface area contributed by atoms with Gasteiger partial charge in [0.05, 0.1) is 16.8 Å². The minimum Gasteiger partial charge on any atom is -0.488 e. The Bertz CT molecular complexity index is 453. The van der Waals surface area contributed by atoms with Gasteiger partial charge in [-0.15, -0.1) is 0 Å². The highest BCUT2D eigenvalue weighted by atomic mass is 32.1. The molecule has 0 aliphatic rings. The Morgan fingerprint density at radius 2 is 2.20 bits per heavy atom. The fourth-order valence-corrected chi connectivity index (χ4v) is 1.81. The Labute approximate surface area is 92.7 Å². The molecule has 4 heteroatoms. The van der Waals surface area contributed by atoms with Gasteiger partial charge in [0.25, 0.3) is 0 Å². The summed E-state index contributed by atoms with van der Waals surface area (Å²) in [5, 5.41) is 0. The molecule has 78 valence electrons. The molecule has 0 amide bonds. The molecule has 0 radical (unpaired) electrons. The Hall–Kier alpha value is -1.55. The van der Waals surface area contributed by atoms with Crippen molar-refractivity contribution in [1.29, 1.82) is 0 Å². The molecule has 0 saturated carbocycles. The molecule has 1 aromatic heterocycles. The Morgan fingerprint density at radius 1 is 1.40 bits per heavy atom. The number of hydrogen-bond donors (Lipinski definition) is 1. The summed E-state index contributed by atoms with van der Waals surface area (Å²) in [5.74, 6) is 0.894. The molecule has 0 aliphatic carbocycles. The van der Waals surface area contributed by atoms with Gasteiger partial charge in [-0.25, -0.2) is 0 Å². The van der Waals surface area contributed by atoms with Gasteiger partial charge in [-0.2, -0.15) is 4.37 Å². The van der Waals surface area contributed by atoms with E-state index < -0.39 is 0 Å². The Morgan fingerprint density at radius 3 is 2.87 bits per heavy atom. The maximum atomic E-state index is 5.71. The van der Waals surface area contributed by atoms with Gasteiger partial charge in [-0.3, -0.25) is 0 Å². The summed E-state index contributed by atoms with van der Waals surface area (Å²) in [7, 11) is 0. The SMILES string of the molecule is Cc1ccccc1OCc1sncc1N. The van der Waals surface area contributed by atoms with Crippen molar-refractivity contribution in [2.24, 2.45) is 0 Å². The van der Waals surface area contributed by atoms with E-state index in [9.17, 15) is 0 Å². The largest absolute Gasteiger partial charge is 0.488 e. The van der Waals surface area contributed by atoms with Gasteiger partial charge in [-0.1, -0.05) is 18.2 Å². The van der Waals surface area contributed by atoms with E-state index in [0.29, 0.717) is 12.3 Å². The highest BCUT2D eigenvalue weighted by Gasteiger charge is 2.04. The average molecular weight is 220 g/mol. The van der Waals surface area contributed by atoms with Crippen LogP contribution in [0.15, 0.2) is 30.5 Å². The van der Waals surface area contributed by atoms with Crippen LogP contribution in [0.2, 0.25) is 0 Å². The highest BCUT2D eigenvalue weighted by Crippen LogP contribution is 2.21. The van der Waals surface area contributed by atoms with Crippen LogP contribution in [0, 0.1) is 6.92 Å². The normalized spacial score (nSPS) is 10.2. The standard InChI is InChI=1S/C11H12N2OS/c1-8-4-2-3-5-10(8)14-7-11-9(12)6-13-15-11/h2-6H,7,12H2,1H3. The molecule has 1 aromatic carbocycles. The van der Waals surface area contributed by atoms with Crippen LogP contribution in [-0.2, 0) is 6.61 Å². The fraction of sp³-hybridized carbons (Fsp3) is 0.182. The third-order valence-electron chi connectivity index (χ3n) is 2.13. The fourth-order valence-electron chi connectivity index (χ4n) is 1.24. The summed E-state index contributed by atoms with van der Waals surface area (Å²) in [6.45, 7) is 2.51. The van der Waals surface area contributed by atoms with Gasteiger partial charge in [0, 0.05) is 0 Å². The molecule has 0 bridgehead atoms. The molecule has 15 heavy (non-hydrogen) atoms. The number of ether oxygens (including phenoxy) is 1. The van der Waals surface area contributed by atoms with Crippen molar-refractivity contribution in [1.82, 2.24) is 4.37 Å². The van der Waals surface area contributed by atoms with Gasteiger partial charge in [0.2, 0.25) is 0 Å². The zero-order chi connectivity index (χ0) is 10.7. The monoisotopic (exact) mass is 220 g/mol. The first-order chi connectivity index (χ1) is 7.27. The van der Waals surface area contributed by atoms with Crippen LogP contribution in [-0.4, -0.2) is 4.37 Å². The number of aromatic nitrogens is 1. The summed E-state index contributed by atoms with van der Waals surface area (Å²) in [4.78, 5) is 0.971. The van der Waals surface area contributed by atoms with Crippen molar-refractivity contribution in [3.63, 3.8) is 0 Å². The Balaban J connectivity index is 2.06. The summed E-state index contributed by atoms with van der Waals surface area (Å²) in [6.07, 6.45) is 1.65. The summed E-state index contributed by atoms with van der Waals surface area (Å²) >= 11 is 1.37. The van der Waals surface area contributed by atoms with Crippen LogP contribution in [0.25, 0.3) is 0 Å². The van der Waals surface area contributed by atoms with E-state index in [4.69, 9.17) is 10.5 Å². The molecule has 0 spiro atoms. The van der Waals surface area contributed by atoms with Crippen molar-refractivity contribution in [2.45, 2.75) is 13.5 Å². The van der Waals surface area contributed by atoms with E-state index >= 15 is 0 Å². The predicted molar refractivity (Wildman–Crippen MR) is 62.0 cm³/mol. The van der Waals surface area contributed by atoms with Crippen LogP contribution in [0.4, 0.5) is 5.69 Å². The third-order valence-corrected chi connectivity index (χ3v) is 2.91. The summed E-state index contributed by atoms with van der Waals surface area (Å²) < 4.78 is 9.65. The quantitative estimate of drug-likeness (QED) is 0.865. The molecule has 0 saturated heterocycles. The van der Waals surface area contributed by atoms with Crippen molar-refractivity contribution in [3.05, 3.63) is 40.9 Å². The lowest BCUT2D eigenvalue weighted by atomic mass is 10.2. The first-order valence-electron chi connectivity index (χ1n) is 4.65. The maximum absolute atomic E-state index is 5.71. The number of nitrogens with zero attached hydrogens (tertiary/aromatic N) is 1. The van der Waals surface area contributed by atoms with E-state index in [-0.39, 0.29) is 0 Å². The van der Waals surface area contributed by atoms with Gasteiger partial charge >= 0.3 is 0 Å². The van der Waals surface area contributed by atoms with Gasteiger partial charge in [-0.05, 0) is 30.1 Å². The van der Waals surface area contributed by atoms with E-state index in [1.165, 1.54) is 11.5 Å². The number of aryl methyl sites for hydroxylation is 1. The number of nitrogen functional groups attached to an aromatic ring is 1. The zero-order valence-electron chi connectivity index (χ0n) is 8.43. The predicted octanol–water partition coefficient (Wildman–Crippen LogP) is 2.61. The molecule has 2 N–H and O–H groups in total. The smallest absolute Gasteiger partial charge is 0.126 e. The van der Waals surface area contributed by atoms with E-state index in [2.05, 4.69) is 4.37 Å². The van der Waals surface area contributed by atoms with Crippen LogP contribution in [0.5, 0.6) is 5.75 Å². The molecular formula is C11H12N2OS. The number of para-hydroxylation sites is 1. The first-order valence-corrected chi connectivity index (χ1v) is 5.42. The lowest BCUT2D eigenvalue weighted by Crippen LogP contribution is -1.97. The first kappa shape index (κ1) is 9.98. The molecule has 2 rings (SSSR count). The summed E-state index contributed by atoms with van der Waals surface area (Å²) in [5.41, 5.74) is 7.54. The molecule has 1 heterocycles. The van der Waals surface area contributed by atoms with Crippen LogP contribution >= 0.6 is 11.5 Å². The lowest BCUT2D eigenvalue weighted by Gasteiger charge is -2.07. The van der Waals surface area contributed by atoms with E-state index in [1.54, 1.807) is 6.20 Å². The number of benzene rings is 1. The van der Waals surface area contributed by atoms with Crippen LogP contribution < -0.4 is 10.5 Å². The topological polar surface area (TPSA) is 48.1 Å². The minimum absolute atomic E-state index is 0.487. The van der Waals surface area contributed by atoms with Crippen LogP contribution in [0.3, 0.4) is 0 Å². The molecule has 0 atom stereocenters. The second-order valence-corrected chi connectivity index (χ2v) is 4.14. The van der Waals surface area contributed by atoms with Gasteiger partial charge < -0.3 is 10.5 Å². The molecule has 3 nitrogen and oxygen atoms in total. The van der Waals surface area contributed by atoms with E-state index in [0.717, 1.165) is 16.2 Å². The third kappa shape index (κ3) is 2.27.